The SMILES string of the molecule is CN1C(=O)Cc2cc(S(=O)(=O)NC(C)(CO)CO)ccc21. The quantitative estimate of drug-likeness (QED) is 0.661. The highest BCUT2D eigenvalue weighted by Crippen LogP contribution is 2.29. The Morgan fingerprint density at radius 3 is 2.52 bits per heavy atom. The topological polar surface area (TPSA) is 107 Å². The maximum absolute atomic E-state index is 12.3. The molecule has 0 saturated carbocycles. The standard InChI is InChI=1S/C13H18N2O5S/c1-13(7-16,8-17)14-21(19,20)10-3-4-11-9(5-10)6-12(18)15(11)2/h3-5,14,16-17H,6-8H2,1-2H3. The van der Waals surface area contributed by atoms with Crippen molar-refractivity contribution in [2.45, 2.75) is 23.8 Å². The molecule has 1 amide bonds. The van der Waals surface area contributed by atoms with Crippen LogP contribution in [0.4, 0.5) is 5.69 Å². The predicted octanol–water partition coefficient (Wildman–Crippen LogP) is -0.773. The van der Waals surface area contributed by atoms with Gasteiger partial charge in [0.2, 0.25) is 15.9 Å². The lowest BCUT2D eigenvalue weighted by Crippen LogP contribution is -2.51. The first-order chi connectivity index (χ1) is 9.72. The lowest BCUT2D eigenvalue weighted by molar-refractivity contribution is -0.117. The molecule has 0 atom stereocenters. The number of carbonyl (C=O) groups excluding carboxylic acids is 1. The first-order valence-electron chi connectivity index (χ1n) is 6.37. The fourth-order valence-corrected chi connectivity index (χ4v) is 3.55. The molecular weight excluding hydrogens is 296 g/mol. The third-order valence-corrected chi connectivity index (χ3v) is 5.15. The van der Waals surface area contributed by atoms with Gasteiger partial charge in [0.1, 0.15) is 0 Å². The van der Waals surface area contributed by atoms with Crippen LogP contribution < -0.4 is 9.62 Å². The van der Waals surface area contributed by atoms with Crippen molar-refractivity contribution >= 4 is 21.6 Å². The number of hydrogen-bond acceptors (Lipinski definition) is 5. The largest absolute Gasteiger partial charge is 0.394 e. The lowest BCUT2D eigenvalue weighted by atomic mass is 10.1. The summed E-state index contributed by atoms with van der Waals surface area (Å²) in [5.74, 6) is -0.0944. The minimum Gasteiger partial charge on any atom is -0.394 e. The molecule has 1 aromatic carbocycles. The first kappa shape index (κ1) is 15.9. The van der Waals surface area contributed by atoms with Gasteiger partial charge in [-0.1, -0.05) is 0 Å². The van der Waals surface area contributed by atoms with Crippen LogP contribution in [0.3, 0.4) is 0 Å². The number of benzene rings is 1. The molecule has 0 aliphatic carbocycles. The first-order valence-corrected chi connectivity index (χ1v) is 7.86. The normalized spacial score (nSPS) is 15.4. The summed E-state index contributed by atoms with van der Waals surface area (Å²) in [6.45, 7) is 0.332. The molecule has 3 N–H and O–H groups in total. The lowest BCUT2D eigenvalue weighted by Gasteiger charge is -2.25. The highest BCUT2D eigenvalue weighted by atomic mass is 32.2. The van der Waals surface area contributed by atoms with E-state index in [4.69, 9.17) is 0 Å². The summed E-state index contributed by atoms with van der Waals surface area (Å²) in [6, 6.07) is 4.41. The van der Waals surface area contributed by atoms with Crippen molar-refractivity contribution in [3.8, 4) is 0 Å². The van der Waals surface area contributed by atoms with Crippen LogP contribution in [0.2, 0.25) is 0 Å². The molecule has 0 saturated heterocycles. The van der Waals surface area contributed by atoms with E-state index < -0.39 is 28.8 Å². The highest BCUT2D eigenvalue weighted by Gasteiger charge is 2.31. The number of fused-ring (bicyclic) bond motifs is 1. The fourth-order valence-electron chi connectivity index (χ4n) is 2.11. The molecule has 0 radical (unpaired) electrons. The zero-order chi connectivity index (χ0) is 15.8. The van der Waals surface area contributed by atoms with Crippen molar-refractivity contribution < 1.29 is 23.4 Å². The molecule has 7 nitrogen and oxygen atoms in total. The minimum absolute atomic E-state index is 0.00234. The highest BCUT2D eigenvalue weighted by molar-refractivity contribution is 7.89. The van der Waals surface area contributed by atoms with Crippen LogP contribution in [-0.4, -0.2) is 50.3 Å². The van der Waals surface area contributed by atoms with Gasteiger partial charge in [0, 0.05) is 12.7 Å². The van der Waals surface area contributed by atoms with Crippen molar-refractivity contribution in [1.29, 1.82) is 0 Å². The van der Waals surface area contributed by atoms with Crippen molar-refractivity contribution in [3.63, 3.8) is 0 Å². The number of aliphatic hydroxyl groups excluding tert-OH is 2. The molecule has 1 aliphatic heterocycles. The second kappa shape index (κ2) is 5.38. The Kier molecular flexibility index (Phi) is 4.07. The third-order valence-electron chi connectivity index (χ3n) is 3.52. The molecule has 116 valence electrons. The molecule has 0 aromatic heterocycles. The monoisotopic (exact) mass is 314 g/mol. The van der Waals surface area contributed by atoms with Crippen LogP contribution in [0.25, 0.3) is 0 Å². The van der Waals surface area contributed by atoms with E-state index in [-0.39, 0.29) is 17.2 Å². The number of amides is 1. The maximum Gasteiger partial charge on any atom is 0.241 e. The summed E-state index contributed by atoms with van der Waals surface area (Å²) in [4.78, 5) is 13.1. The Balaban J connectivity index is 2.35. The van der Waals surface area contributed by atoms with Crippen molar-refractivity contribution in [1.82, 2.24) is 4.72 Å². The number of hydrogen-bond donors (Lipinski definition) is 3. The Morgan fingerprint density at radius 1 is 1.33 bits per heavy atom. The molecule has 2 rings (SSSR count). The molecule has 0 unspecified atom stereocenters. The molecule has 1 aliphatic rings. The zero-order valence-electron chi connectivity index (χ0n) is 11.8. The van der Waals surface area contributed by atoms with Gasteiger partial charge in [0.25, 0.3) is 0 Å². The van der Waals surface area contributed by atoms with Crippen molar-refractivity contribution in [3.05, 3.63) is 23.8 Å². The van der Waals surface area contributed by atoms with E-state index in [9.17, 15) is 23.4 Å². The summed E-state index contributed by atoms with van der Waals surface area (Å²) in [5, 5.41) is 18.4. The molecule has 0 fully saturated rings. The van der Waals surface area contributed by atoms with Gasteiger partial charge < -0.3 is 15.1 Å². The Labute approximate surface area is 123 Å². The van der Waals surface area contributed by atoms with E-state index in [0.717, 1.165) is 0 Å². The molecule has 0 bridgehead atoms. The zero-order valence-corrected chi connectivity index (χ0v) is 12.6. The van der Waals surface area contributed by atoms with Crippen molar-refractivity contribution in [2.24, 2.45) is 0 Å². The molecule has 21 heavy (non-hydrogen) atoms. The van der Waals surface area contributed by atoms with Crippen LogP contribution in [-0.2, 0) is 21.2 Å². The molecule has 0 spiro atoms. The number of aliphatic hydroxyl groups is 2. The second-order valence-corrected chi connectivity index (χ2v) is 7.08. The average molecular weight is 314 g/mol. The molecule has 1 aromatic rings. The summed E-state index contributed by atoms with van der Waals surface area (Å²) >= 11 is 0. The van der Waals surface area contributed by atoms with Gasteiger partial charge in [-0.15, -0.1) is 0 Å². The van der Waals surface area contributed by atoms with E-state index in [1.165, 1.54) is 24.0 Å². The van der Waals surface area contributed by atoms with Crippen LogP contribution in [0.1, 0.15) is 12.5 Å². The number of nitrogens with one attached hydrogen (secondary N) is 1. The van der Waals surface area contributed by atoms with Crippen LogP contribution in [0, 0.1) is 0 Å². The van der Waals surface area contributed by atoms with Crippen LogP contribution in [0.5, 0.6) is 0 Å². The van der Waals surface area contributed by atoms with E-state index in [1.807, 2.05) is 0 Å². The Hall–Kier alpha value is -1.48. The fraction of sp³-hybridized carbons (Fsp3) is 0.462. The van der Waals surface area contributed by atoms with E-state index in [0.29, 0.717) is 11.3 Å². The molecular formula is C13H18N2O5S. The van der Waals surface area contributed by atoms with Gasteiger partial charge in [-0.25, -0.2) is 13.1 Å². The number of nitrogens with zero attached hydrogens (tertiary/aromatic N) is 1. The van der Waals surface area contributed by atoms with Crippen LogP contribution >= 0.6 is 0 Å². The summed E-state index contributed by atoms with van der Waals surface area (Å²) in [7, 11) is -2.26. The van der Waals surface area contributed by atoms with Gasteiger partial charge in [-0.2, -0.15) is 0 Å². The smallest absolute Gasteiger partial charge is 0.241 e. The van der Waals surface area contributed by atoms with Crippen molar-refractivity contribution in [2.75, 3.05) is 25.2 Å². The van der Waals surface area contributed by atoms with E-state index >= 15 is 0 Å². The number of sulfonamides is 1. The van der Waals surface area contributed by atoms with Gasteiger partial charge >= 0.3 is 0 Å². The summed E-state index contributed by atoms with van der Waals surface area (Å²) in [5.41, 5.74) is -0.0177. The number of likely N-dealkylation sites (N-methyl/N-ethyl adjacent to an activating group) is 1. The van der Waals surface area contributed by atoms with Crippen LogP contribution in [0.15, 0.2) is 23.1 Å². The molecule has 1 heterocycles. The third kappa shape index (κ3) is 2.93. The second-order valence-electron chi connectivity index (χ2n) is 5.40. The van der Waals surface area contributed by atoms with E-state index in [1.54, 1.807) is 13.1 Å². The number of rotatable bonds is 5. The predicted molar refractivity (Wildman–Crippen MR) is 76.5 cm³/mol. The Bertz CT molecular complexity index is 667. The van der Waals surface area contributed by atoms with Gasteiger partial charge in [0.15, 0.2) is 0 Å². The summed E-state index contributed by atoms with van der Waals surface area (Å²) < 4.78 is 26.9. The average Bonchev–Trinajstić information content (AvgIpc) is 2.73. The number of anilines is 1. The summed E-state index contributed by atoms with van der Waals surface area (Å²) in [6.07, 6.45) is 0.159. The van der Waals surface area contributed by atoms with E-state index in [2.05, 4.69) is 4.72 Å². The Morgan fingerprint density at radius 2 is 1.95 bits per heavy atom. The van der Waals surface area contributed by atoms with Gasteiger partial charge in [-0.3, -0.25) is 4.79 Å². The minimum atomic E-state index is -3.90. The van der Waals surface area contributed by atoms with Gasteiger partial charge in [-0.05, 0) is 30.7 Å². The molecule has 8 heteroatoms. The maximum atomic E-state index is 12.3. The van der Waals surface area contributed by atoms with Gasteiger partial charge in [0.05, 0.1) is 30.1 Å². The number of carbonyl (C=O) groups is 1.